The molecular weight excluding hydrogens is 360 g/mol. The first-order chi connectivity index (χ1) is 13.1. The third-order valence-corrected chi connectivity index (χ3v) is 5.39. The molecule has 0 aliphatic heterocycles. The highest BCUT2D eigenvalue weighted by Crippen LogP contribution is 2.27. The number of rotatable bonds is 5. The molecule has 6 nitrogen and oxygen atoms in total. The van der Waals surface area contributed by atoms with Crippen molar-refractivity contribution >= 4 is 22.8 Å². The number of hydrogen-bond donors (Lipinski definition) is 1. The minimum Gasteiger partial charge on any atom is -0.441 e. The minimum atomic E-state index is -0.0417. The van der Waals surface area contributed by atoms with Gasteiger partial charge in [-0.3, -0.25) is 9.36 Å². The summed E-state index contributed by atoms with van der Waals surface area (Å²) in [5.74, 6) is 1.98. The lowest BCUT2D eigenvalue weighted by Crippen LogP contribution is -2.22. The molecule has 0 spiro atoms. The molecule has 0 saturated carbocycles. The van der Waals surface area contributed by atoms with Gasteiger partial charge in [-0.15, -0.1) is 0 Å². The second-order valence-electron chi connectivity index (χ2n) is 6.33. The maximum Gasteiger partial charge on any atom is 0.278 e. The zero-order valence-electron chi connectivity index (χ0n) is 15.4. The molecule has 0 bridgehead atoms. The van der Waals surface area contributed by atoms with Gasteiger partial charge in [0, 0.05) is 23.6 Å². The maximum atomic E-state index is 12.7. The summed E-state index contributed by atoms with van der Waals surface area (Å²) in [6.07, 6.45) is 0. The van der Waals surface area contributed by atoms with Crippen molar-refractivity contribution in [3.63, 3.8) is 0 Å². The molecule has 4 rings (SSSR count). The summed E-state index contributed by atoms with van der Waals surface area (Å²) in [7, 11) is 0. The Morgan fingerprint density at radius 1 is 1.19 bits per heavy atom. The zero-order valence-corrected chi connectivity index (χ0v) is 16.3. The number of benzene rings is 1. The molecule has 0 unspecified atom stereocenters. The predicted molar refractivity (Wildman–Crippen MR) is 107 cm³/mol. The number of H-pyrrole nitrogens is 1. The highest BCUT2D eigenvalue weighted by Gasteiger charge is 2.15. The van der Waals surface area contributed by atoms with Crippen LogP contribution in [-0.2, 0) is 12.3 Å². The van der Waals surface area contributed by atoms with E-state index in [1.165, 1.54) is 11.8 Å². The van der Waals surface area contributed by atoms with Crippen molar-refractivity contribution in [2.24, 2.45) is 0 Å². The van der Waals surface area contributed by atoms with E-state index >= 15 is 0 Å². The van der Waals surface area contributed by atoms with E-state index in [0.717, 1.165) is 22.7 Å². The van der Waals surface area contributed by atoms with E-state index in [4.69, 9.17) is 4.42 Å². The summed E-state index contributed by atoms with van der Waals surface area (Å²) in [5.41, 5.74) is 3.96. The largest absolute Gasteiger partial charge is 0.441 e. The van der Waals surface area contributed by atoms with Crippen LogP contribution in [0.3, 0.4) is 0 Å². The number of nitrogens with one attached hydrogen (secondary N) is 1. The molecule has 27 heavy (non-hydrogen) atoms. The Kier molecular flexibility index (Phi) is 4.61. The highest BCUT2D eigenvalue weighted by molar-refractivity contribution is 7.98. The second kappa shape index (κ2) is 7.08. The summed E-state index contributed by atoms with van der Waals surface area (Å²) in [6.45, 7) is 6.35. The van der Waals surface area contributed by atoms with Crippen LogP contribution in [0.25, 0.3) is 22.5 Å². The fraction of sp³-hybridized carbons (Fsp3) is 0.250. The van der Waals surface area contributed by atoms with E-state index in [1.54, 1.807) is 4.57 Å². The Labute approximate surface area is 160 Å². The topological polar surface area (TPSA) is 76.7 Å². The van der Waals surface area contributed by atoms with Gasteiger partial charge < -0.3 is 9.40 Å². The quantitative estimate of drug-likeness (QED) is 0.412. The van der Waals surface area contributed by atoms with Crippen molar-refractivity contribution in [3.05, 3.63) is 63.9 Å². The first-order valence-electron chi connectivity index (χ1n) is 8.81. The van der Waals surface area contributed by atoms with Gasteiger partial charge in [0.25, 0.3) is 5.56 Å². The molecule has 138 valence electrons. The molecule has 3 heterocycles. The lowest BCUT2D eigenvalue weighted by Gasteiger charge is -2.09. The molecule has 0 saturated heterocycles. The molecule has 7 heteroatoms. The summed E-state index contributed by atoms with van der Waals surface area (Å²) in [4.78, 5) is 25.1. The fourth-order valence-electron chi connectivity index (χ4n) is 3.00. The molecule has 0 atom stereocenters. The van der Waals surface area contributed by atoms with Crippen molar-refractivity contribution in [2.45, 2.75) is 38.2 Å². The van der Waals surface area contributed by atoms with E-state index in [9.17, 15) is 4.79 Å². The summed E-state index contributed by atoms with van der Waals surface area (Å²) in [6, 6.07) is 11.7. The summed E-state index contributed by atoms with van der Waals surface area (Å²) in [5, 5.41) is 0.692. The number of nitrogens with zero attached hydrogens (tertiary/aromatic N) is 3. The molecule has 0 aliphatic carbocycles. The lowest BCUT2D eigenvalue weighted by atomic mass is 10.2. The van der Waals surface area contributed by atoms with Gasteiger partial charge in [0.2, 0.25) is 5.89 Å². The maximum absolute atomic E-state index is 12.7. The van der Waals surface area contributed by atoms with Crippen LogP contribution in [-0.4, -0.2) is 19.5 Å². The number of fused-ring (bicyclic) bond motifs is 1. The van der Waals surface area contributed by atoms with Gasteiger partial charge in [-0.25, -0.2) is 9.97 Å². The fourth-order valence-corrected chi connectivity index (χ4v) is 4.06. The van der Waals surface area contributed by atoms with Gasteiger partial charge in [0.1, 0.15) is 11.3 Å². The molecule has 4 aromatic rings. The number of thioether (sulfide) groups is 1. The number of aromatic amines is 1. The molecular formula is C20H20N4O2S. The van der Waals surface area contributed by atoms with Crippen LogP contribution in [0.4, 0.5) is 0 Å². The van der Waals surface area contributed by atoms with Crippen LogP contribution < -0.4 is 5.56 Å². The zero-order chi connectivity index (χ0) is 19.0. The van der Waals surface area contributed by atoms with Crippen LogP contribution in [0.15, 0.2) is 50.8 Å². The number of aromatic nitrogens is 4. The minimum absolute atomic E-state index is 0.0417. The normalized spacial score (nSPS) is 11.4. The SMILES string of the molecule is CCn1c(SCc2nc(-c3ccccc3)oc2C)nc2cc(C)[nH]c2c1=O. The first-order valence-corrected chi connectivity index (χ1v) is 9.80. The average Bonchev–Trinajstić information content (AvgIpc) is 3.23. The third-order valence-electron chi connectivity index (χ3n) is 4.41. The van der Waals surface area contributed by atoms with E-state index in [-0.39, 0.29) is 5.56 Å². The standard InChI is InChI=1S/C20H20N4O2S/c1-4-24-19(25)17-15(10-12(2)21-17)23-20(24)27-11-16-13(3)26-18(22-16)14-8-6-5-7-9-14/h5-10,21H,4,11H2,1-3H3. The average molecular weight is 380 g/mol. The molecule has 0 amide bonds. The highest BCUT2D eigenvalue weighted by atomic mass is 32.2. The predicted octanol–water partition coefficient (Wildman–Crippen LogP) is 4.31. The van der Waals surface area contributed by atoms with Crippen molar-refractivity contribution < 1.29 is 4.42 Å². The summed E-state index contributed by atoms with van der Waals surface area (Å²) >= 11 is 1.50. The monoisotopic (exact) mass is 380 g/mol. The van der Waals surface area contributed by atoms with Gasteiger partial charge in [-0.2, -0.15) is 0 Å². The second-order valence-corrected chi connectivity index (χ2v) is 7.28. The Bertz CT molecular complexity index is 1160. The first kappa shape index (κ1) is 17.6. The van der Waals surface area contributed by atoms with Crippen LogP contribution in [0, 0.1) is 13.8 Å². The van der Waals surface area contributed by atoms with E-state index in [2.05, 4.69) is 15.0 Å². The van der Waals surface area contributed by atoms with Gasteiger partial charge in [0.05, 0.1) is 11.2 Å². The van der Waals surface area contributed by atoms with Crippen molar-refractivity contribution in [3.8, 4) is 11.5 Å². The number of aryl methyl sites for hydroxylation is 2. The molecule has 3 aromatic heterocycles. The van der Waals surface area contributed by atoms with Crippen molar-refractivity contribution in [1.29, 1.82) is 0 Å². The molecule has 0 radical (unpaired) electrons. The molecule has 1 aromatic carbocycles. The van der Waals surface area contributed by atoms with E-state index in [1.807, 2.05) is 57.2 Å². The smallest absolute Gasteiger partial charge is 0.278 e. The van der Waals surface area contributed by atoms with Gasteiger partial charge >= 0.3 is 0 Å². The number of hydrogen-bond acceptors (Lipinski definition) is 5. The Morgan fingerprint density at radius 2 is 1.96 bits per heavy atom. The third kappa shape index (κ3) is 3.30. The van der Waals surface area contributed by atoms with Crippen LogP contribution in [0.2, 0.25) is 0 Å². The van der Waals surface area contributed by atoms with Crippen LogP contribution in [0.5, 0.6) is 0 Å². The van der Waals surface area contributed by atoms with E-state index in [0.29, 0.717) is 34.4 Å². The summed E-state index contributed by atoms with van der Waals surface area (Å²) < 4.78 is 7.52. The Morgan fingerprint density at radius 3 is 2.70 bits per heavy atom. The van der Waals surface area contributed by atoms with Gasteiger partial charge in [-0.05, 0) is 39.0 Å². The van der Waals surface area contributed by atoms with Crippen molar-refractivity contribution in [2.75, 3.05) is 0 Å². The lowest BCUT2D eigenvalue weighted by molar-refractivity contribution is 0.540. The Balaban J connectivity index is 1.64. The Hall–Kier alpha value is -2.80. The van der Waals surface area contributed by atoms with Crippen LogP contribution >= 0.6 is 11.8 Å². The van der Waals surface area contributed by atoms with Gasteiger partial charge in [0.15, 0.2) is 5.16 Å². The van der Waals surface area contributed by atoms with Crippen LogP contribution in [0.1, 0.15) is 24.1 Å². The van der Waals surface area contributed by atoms with E-state index < -0.39 is 0 Å². The van der Waals surface area contributed by atoms with Gasteiger partial charge in [-0.1, -0.05) is 30.0 Å². The molecule has 0 fully saturated rings. The molecule has 1 N–H and O–H groups in total. The molecule has 0 aliphatic rings. The van der Waals surface area contributed by atoms with Crippen molar-refractivity contribution in [1.82, 2.24) is 19.5 Å². The number of oxazole rings is 1.